The number of hydrogen-bond donors (Lipinski definition) is 0. The molecular weight excluding hydrogens is 367 g/mol. The minimum atomic E-state index is -4.39. The third kappa shape index (κ3) is 4.46. The van der Waals surface area contributed by atoms with Crippen molar-refractivity contribution in [3.8, 4) is 0 Å². The zero-order valence-electron chi connectivity index (χ0n) is 13.8. The van der Waals surface area contributed by atoms with E-state index in [1.807, 2.05) is 11.0 Å². The number of amides is 1. The second-order valence-electron chi connectivity index (χ2n) is 6.08. The van der Waals surface area contributed by atoms with Gasteiger partial charge in [0.25, 0.3) is 0 Å². The summed E-state index contributed by atoms with van der Waals surface area (Å²) in [5.74, 6) is 0.493. The van der Waals surface area contributed by atoms with Crippen molar-refractivity contribution in [2.75, 3.05) is 31.1 Å². The van der Waals surface area contributed by atoms with E-state index in [0.29, 0.717) is 37.0 Å². The molecule has 1 aromatic carbocycles. The molecule has 0 spiro atoms. The summed E-state index contributed by atoms with van der Waals surface area (Å²) in [5, 5.41) is 0.591. The van der Waals surface area contributed by atoms with Crippen LogP contribution in [-0.4, -0.2) is 42.0 Å². The molecule has 0 bridgehead atoms. The van der Waals surface area contributed by atoms with Crippen LogP contribution in [-0.2, 0) is 17.4 Å². The lowest BCUT2D eigenvalue weighted by Gasteiger charge is -2.35. The number of carbonyl (C=O) groups excluding carboxylic acids is 1. The molecule has 0 saturated carbocycles. The van der Waals surface area contributed by atoms with Crippen molar-refractivity contribution < 1.29 is 18.0 Å². The van der Waals surface area contributed by atoms with Gasteiger partial charge >= 0.3 is 6.18 Å². The number of piperazine rings is 1. The van der Waals surface area contributed by atoms with Gasteiger partial charge in [-0.2, -0.15) is 13.2 Å². The Labute approximate surface area is 154 Å². The lowest BCUT2D eigenvalue weighted by atomic mass is 10.1. The molecule has 4 nitrogen and oxygen atoms in total. The fourth-order valence-corrected chi connectivity index (χ4v) is 3.07. The molecule has 0 N–H and O–H groups in total. The highest BCUT2D eigenvalue weighted by Crippen LogP contribution is 2.29. The molecule has 3 rings (SSSR count). The average molecular weight is 384 g/mol. The van der Waals surface area contributed by atoms with Crippen molar-refractivity contribution in [1.29, 1.82) is 0 Å². The van der Waals surface area contributed by atoms with Crippen LogP contribution in [0.4, 0.5) is 19.0 Å². The van der Waals surface area contributed by atoms with Crippen molar-refractivity contribution in [3.63, 3.8) is 0 Å². The summed E-state index contributed by atoms with van der Waals surface area (Å²) in [4.78, 5) is 19.9. The van der Waals surface area contributed by atoms with Crippen molar-refractivity contribution >= 4 is 23.3 Å². The summed E-state index contributed by atoms with van der Waals surface area (Å²) in [6, 6.07) is 9.57. The highest BCUT2D eigenvalue weighted by molar-refractivity contribution is 6.30. The van der Waals surface area contributed by atoms with Crippen LogP contribution in [0.2, 0.25) is 5.02 Å². The van der Waals surface area contributed by atoms with E-state index in [1.165, 1.54) is 6.07 Å². The Kier molecular flexibility index (Phi) is 5.36. The van der Waals surface area contributed by atoms with Gasteiger partial charge in [0.2, 0.25) is 5.91 Å². The van der Waals surface area contributed by atoms with E-state index in [-0.39, 0.29) is 12.3 Å². The molecule has 2 aromatic rings. The van der Waals surface area contributed by atoms with Crippen LogP contribution in [0.15, 0.2) is 42.6 Å². The van der Waals surface area contributed by atoms with Crippen molar-refractivity contribution in [3.05, 3.63) is 58.7 Å². The maximum atomic E-state index is 12.6. The molecule has 0 aliphatic carbocycles. The molecule has 1 aliphatic heterocycles. The number of nitrogens with zero attached hydrogens (tertiary/aromatic N) is 3. The van der Waals surface area contributed by atoms with Crippen LogP contribution < -0.4 is 4.90 Å². The molecule has 1 aromatic heterocycles. The largest absolute Gasteiger partial charge is 0.417 e. The smallest absolute Gasteiger partial charge is 0.353 e. The topological polar surface area (TPSA) is 36.4 Å². The first kappa shape index (κ1) is 18.5. The molecule has 138 valence electrons. The summed E-state index contributed by atoms with van der Waals surface area (Å²) < 4.78 is 37.8. The van der Waals surface area contributed by atoms with Gasteiger partial charge in [-0.05, 0) is 29.8 Å². The van der Waals surface area contributed by atoms with Gasteiger partial charge in [-0.3, -0.25) is 4.79 Å². The van der Waals surface area contributed by atoms with Crippen LogP contribution in [0.25, 0.3) is 0 Å². The molecule has 26 heavy (non-hydrogen) atoms. The number of carbonyl (C=O) groups is 1. The Bertz CT molecular complexity index is 772. The van der Waals surface area contributed by atoms with Crippen LogP contribution in [0.5, 0.6) is 0 Å². The highest BCUT2D eigenvalue weighted by Gasteiger charge is 2.31. The maximum Gasteiger partial charge on any atom is 0.417 e. The van der Waals surface area contributed by atoms with Gasteiger partial charge in [-0.25, -0.2) is 4.98 Å². The number of anilines is 1. The SMILES string of the molecule is O=C(Cc1cccc(Cl)c1)N1CCN(c2ccc(C(F)(F)F)cn2)CC1. The number of benzene rings is 1. The molecule has 0 radical (unpaired) electrons. The Balaban J connectivity index is 1.56. The first-order valence-electron chi connectivity index (χ1n) is 8.13. The summed E-state index contributed by atoms with van der Waals surface area (Å²) in [6.45, 7) is 2.06. The Morgan fingerprint density at radius 3 is 2.42 bits per heavy atom. The van der Waals surface area contributed by atoms with Crippen molar-refractivity contribution in [2.24, 2.45) is 0 Å². The molecule has 2 heterocycles. The predicted molar refractivity (Wildman–Crippen MR) is 93.2 cm³/mol. The fourth-order valence-electron chi connectivity index (χ4n) is 2.86. The monoisotopic (exact) mass is 383 g/mol. The number of rotatable bonds is 3. The van der Waals surface area contributed by atoms with E-state index in [0.717, 1.165) is 17.8 Å². The quantitative estimate of drug-likeness (QED) is 0.812. The average Bonchev–Trinajstić information content (AvgIpc) is 2.61. The second-order valence-corrected chi connectivity index (χ2v) is 6.51. The van der Waals surface area contributed by atoms with E-state index in [1.54, 1.807) is 23.1 Å². The highest BCUT2D eigenvalue weighted by atomic mass is 35.5. The number of pyridine rings is 1. The van der Waals surface area contributed by atoms with E-state index in [9.17, 15) is 18.0 Å². The number of halogens is 4. The van der Waals surface area contributed by atoms with Crippen LogP contribution in [0.3, 0.4) is 0 Å². The second kappa shape index (κ2) is 7.53. The van der Waals surface area contributed by atoms with Crippen LogP contribution >= 0.6 is 11.6 Å². The van der Waals surface area contributed by atoms with Gasteiger partial charge in [-0.1, -0.05) is 23.7 Å². The van der Waals surface area contributed by atoms with Crippen molar-refractivity contribution in [1.82, 2.24) is 9.88 Å². The Morgan fingerprint density at radius 2 is 1.85 bits per heavy atom. The van der Waals surface area contributed by atoms with Crippen LogP contribution in [0, 0.1) is 0 Å². The standard InChI is InChI=1S/C18H17ClF3N3O/c19-15-3-1-2-13(10-15)11-17(26)25-8-6-24(7-9-25)16-5-4-14(12-23-16)18(20,21)22/h1-5,10,12H,6-9,11H2. The maximum absolute atomic E-state index is 12.6. The minimum absolute atomic E-state index is 0.00675. The first-order chi connectivity index (χ1) is 12.3. The molecule has 0 atom stereocenters. The summed E-state index contributed by atoms with van der Waals surface area (Å²) in [5.41, 5.74) is 0.0888. The fraction of sp³-hybridized carbons (Fsp3) is 0.333. The van der Waals surface area contributed by atoms with E-state index < -0.39 is 11.7 Å². The van der Waals surface area contributed by atoms with Crippen LogP contribution in [0.1, 0.15) is 11.1 Å². The molecule has 1 saturated heterocycles. The molecular formula is C18H17ClF3N3O. The number of hydrogen-bond acceptors (Lipinski definition) is 3. The number of aromatic nitrogens is 1. The Hall–Kier alpha value is -2.28. The summed E-state index contributed by atoms with van der Waals surface area (Å²) in [7, 11) is 0. The molecule has 1 amide bonds. The molecule has 8 heteroatoms. The normalized spacial score (nSPS) is 15.2. The Morgan fingerprint density at radius 1 is 1.12 bits per heavy atom. The predicted octanol–water partition coefficient (Wildman–Crippen LogP) is 3.65. The molecule has 0 unspecified atom stereocenters. The first-order valence-corrected chi connectivity index (χ1v) is 8.51. The third-order valence-electron chi connectivity index (χ3n) is 4.28. The van der Waals surface area contributed by atoms with Gasteiger partial charge in [0, 0.05) is 37.4 Å². The van der Waals surface area contributed by atoms with Crippen molar-refractivity contribution in [2.45, 2.75) is 12.6 Å². The van der Waals surface area contributed by atoms with E-state index in [2.05, 4.69) is 4.98 Å². The van der Waals surface area contributed by atoms with Gasteiger partial charge in [0.05, 0.1) is 12.0 Å². The third-order valence-corrected chi connectivity index (χ3v) is 4.51. The molecule has 1 fully saturated rings. The lowest BCUT2D eigenvalue weighted by molar-refractivity contribution is -0.137. The summed E-state index contributed by atoms with van der Waals surface area (Å²) >= 11 is 5.93. The minimum Gasteiger partial charge on any atom is -0.353 e. The van der Waals surface area contributed by atoms with Gasteiger partial charge in [-0.15, -0.1) is 0 Å². The van der Waals surface area contributed by atoms with E-state index in [4.69, 9.17) is 11.6 Å². The van der Waals surface area contributed by atoms with Gasteiger partial charge in [0.15, 0.2) is 0 Å². The van der Waals surface area contributed by atoms with Gasteiger partial charge in [0.1, 0.15) is 5.82 Å². The summed E-state index contributed by atoms with van der Waals surface area (Å²) in [6.07, 6.45) is -3.28. The number of alkyl halides is 3. The lowest BCUT2D eigenvalue weighted by Crippen LogP contribution is -2.49. The van der Waals surface area contributed by atoms with Gasteiger partial charge < -0.3 is 9.80 Å². The zero-order valence-corrected chi connectivity index (χ0v) is 14.6. The van der Waals surface area contributed by atoms with E-state index >= 15 is 0 Å². The zero-order chi connectivity index (χ0) is 18.7. The molecule has 1 aliphatic rings.